The van der Waals surface area contributed by atoms with Gasteiger partial charge in [-0.3, -0.25) is 0 Å². The molecule has 3 aliphatic rings. The van der Waals surface area contributed by atoms with Crippen LogP contribution in [0.3, 0.4) is 0 Å². The molecular weight excluding hydrogens is 210 g/mol. The molecule has 0 radical (unpaired) electrons. The first-order valence-corrected chi connectivity index (χ1v) is 6.25. The highest BCUT2D eigenvalue weighted by molar-refractivity contribution is 8.07. The van der Waals surface area contributed by atoms with E-state index in [1.54, 1.807) is 16.7 Å². The highest BCUT2D eigenvalue weighted by atomic mass is 32.2. The summed E-state index contributed by atoms with van der Waals surface area (Å²) in [6.07, 6.45) is 7.68. The van der Waals surface area contributed by atoms with Crippen LogP contribution in [-0.4, -0.2) is 17.6 Å². The molecule has 2 heterocycles. The summed E-state index contributed by atoms with van der Waals surface area (Å²) in [6.45, 7) is 0.429. The molecule has 0 unspecified atom stereocenters. The molecule has 0 spiro atoms. The van der Waals surface area contributed by atoms with E-state index in [2.05, 4.69) is 0 Å². The summed E-state index contributed by atoms with van der Waals surface area (Å²) in [6, 6.07) is 0. The summed E-state index contributed by atoms with van der Waals surface area (Å²) in [5, 5.41) is 1.07. The number of carbonyl (C=O) groups is 1. The largest absolute Gasteiger partial charge is 0.445 e. The molecule has 4 heteroatoms. The lowest BCUT2D eigenvalue weighted by Crippen LogP contribution is -2.30. The fraction of sp³-hybridized carbons (Fsp3) is 0.545. The topological polar surface area (TPSA) is 29.5 Å². The molecule has 15 heavy (non-hydrogen) atoms. The number of nitrogens with zero attached hydrogens (tertiary/aromatic N) is 1. The molecule has 0 aromatic rings. The Kier molecular flexibility index (Phi) is 2.24. The van der Waals surface area contributed by atoms with Crippen LogP contribution in [0, 0.1) is 0 Å². The van der Waals surface area contributed by atoms with E-state index in [0.717, 1.165) is 17.9 Å². The lowest BCUT2D eigenvalue weighted by Gasteiger charge is -2.23. The monoisotopic (exact) mass is 223 g/mol. The molecule has 0 fully saturated rings. The van der Waals surface area contributed by atoms with E-state index in [0.29, 0.717) is 6.61 Å². The van der Waals surface area contributed by atoms with E-state index < -0.39 is 0 Å². The predicted octanol–water partition coefficient (Wildman–Crippen LogP) is 3.20. The summed E-state index contributed by atoms with van der Waals surface area (Å²) >= 11 is 1.76. The summed E-state index contributed by atoms with van der Waals surface area (Å²) in [4.78, 5) is 14.8. The minimum absolute atomic E-state index is 0.188. The third kappa shape index (κ3) is 1.47. The van der Waals surface area contributed by atoms with Gasteiger partial charge in [-0.1, -0.05) is 18.2 Å². The fourth-order valence-corrected chi connectivity index (χ4v) is 3.51. The van der Waals surface area contributed by atoms with E-state index in [4.69, 9.17) is 4.74 Å². The molecule has 0 saturated carbocycles. The first-order chi connectivity index (χ1) is 7.36. The Morgan fingerprint density at radius 2 is 2.13 bits per heavy atom. The molecule has 0 bridgehead atoms. The summed E-state index contributed by atoms with van der Waals surface area (Å²) in [5.74, 6) is 0. The van der Waals surface area contributed by atoms with E-state index in [9.17, 15) is 4.79 Å². The number of allylic oxidation sites excluding steroid dienone is 2. The third-order valence-corrected chi connectivity index (χ3v) is 4.25. The maximum Gasteiger partial charge on any atom is 0.419 e. The Morgan fingerprint density at radius 3 is 3.07 bits per heavy atom. The van der Waals surface area contributed by atoms with Gasteiger partial charge in [-0.2, -0.15) is 0 Å². The van der Waals surface area contributed by atoms with Crippen LogP contribution in [0.25, 0.3) is 0 Å². The zero-order valence-electron chi connectivity index (χ0n) is 8.49. The van der Waals surface area contributed by atoms with Crippen molar-refractivity contribution in [3.05, 3.63) is 21.7 Å². The second kappa shape index (κ2) is 3.59. The second-order valence-electron chi connectivity index (χ2n) is 3.99. The van der Waals surface area contributed by atoms with Crippen molar-refractivity contribution in [2.45, 2.75) is 32.1 Å². The molecule has 80 valence electrons. The van der Waals surface area contributed by atoms with Gasteiger partial charge in [0.1, 0.15) is 6.61 Å². The molecular formula is C11H13NO2S. The molecule has 0 atom stereocenters. The van der Waals surface area contributed by atoms with Crippen molar-refractivity contribution in [2.75, 3.05) is 6.61 Å². The third-order valence-electron chi connectivity index (χ3n) is 3.00. The second-order valence-corrected chi connectivity index (χ2v) is 5.10. The minimum Gasteiger partial charge on any atom is -0.445 e. The van der Waals surface area contributed by atoms with Gasteiger partial charge in [0.2, 0.25) is 0 Å². The Labute approximate surface area is 93.1 Å². The highest BCUT2D eigenvalue weighted by Gasteiger charge is 2.35. The predicted molar refractivity (Wildman–Crippen MR) is 59.0 cm³/mol. The van der Waals surface area contributed by atoms with Crippen LogP contribution in [0.5, 0.6) is 0 Å². The van der Waals surface area contributed by atoms with Crippen molar-refractivity contribution >= 4 is 17.9 Å². The van der Waals surface area contributed by atoms with Crippen molar-refractivity contribution in [3.8, 4) is 0 Å². The first kappa shape index (κ1) is 9.33. The van der Waals surface area contributed by atoms with Crippen LogP contribution >= 0.6 is 11.8 Å². The van der Waals surface area contributed by atoms with Gasteiger partial charge in [-0.25, -0.2) is 9.69 Å². The normalized spacial score (nSPS) is 25.5. The maximum atomic E-state index is 11.7. The van der Waals surface area contributed by atoms with Gasteiger partial charge < -0.3 is 4.74 Å². The number of fused-ring (bicyclic) bond motifs is 2. The summed E-state index contributed by atoms with van der Waals surface area (Å²) in [5.41, 5.74) is 1.20. The molecule has 3 nitrogen and oxygen atoms in total. The molecule has 2 aliphatic heterocycles. The average Bonchev–Trinajstić information content (AvgIpc) is 2.43. The number of cyclic esters (lactones) is 1. The van der Waals surface area contributed by atoms with E-state index in [1.165, 1.54) is 29.9 Å². The summed E-state index contributed by atoms with van der Waals surface area (Å²) in [7, 11) is 0. The van der Waals surface area contributed by atoms with Crippen LogP contribution in [0.2, 0.25) is 0 Å². The van der Waals surface area contributed by atoms with Crippen molar-refractivity contribution in [1.82, 2.24) is 4.90 Å². The van der Waals surface area contributed by atoms with Crippen LogP contribution in [0.4, 0.5) is 4.79 Å². The van der Waals surface area contributed by atoms with Gasteiger partial charge in [-0.15, -0.1) is 0 Å². The smallest absolute Gasteiger partial charge is 0.419 e. The maximum absolute atomic E-state index is 11.7. The van der Waals surface area contributed by atoms with Crippen LogP contribution in [0.15, 0.2) is 21.7 Å². The highest BCUT2D eigenvalue weighted by Crippen LogP contribution is 2.47. The van der Waals surface area contributed by atoms with Crippen molar-refractivity contribution in [1.29, 1.82) is 0 Å². The number of carbonyl (C=O) groups excluding carboxylic acids is 1. The number of rotatable bonds is 0. The van der Waals surface area contributed by atoms with E-state index >= 15 is 0 Å². The average molecular weight is 223 g/mol. The van der Waals surface area contributed by atoms with Gasteiger partial charge >= 0.3 is 6.09 Å². The van der Waals surface area contributed by atoms with Gasteiger partial charge in [0.05, 0.1) is 5.03 Å². The minimum atomic E-state index is -0.188. The molecule has 0 saturated heterocycles. The molecule has 0 aromatic heterocycles. The van der Waals surface area contributed by atoms with Crippen molar-refractivity contribution < 1.29 is 9.53 Å². The van der Waals surface area contributed by atoms with E-state index in [-0.39, 0.29) is 6.09 Å². The Hall–Kier alpha value is -0.900. The quantitative estimate of drug-likeness (QED) is 0.631. The Bertz CT molecular complexity index is 373. The van der Waals surface area contributed by atoms with E-state index in [1.807, 2.05) is 6.08 Å². The number of hydrogen-bond donors (Lipinski definition) is 0. The van der Waals surface area contributed by atoms with Crippen LogP contribution < -0.4 is 0 Å². The Morgan fingerprint density at radius 1 is 1.27 bits per heavy atom. The van der Waals surface area contributed by atoms with Gasteiger partial charge in [0.15, 0.2) is 0 Å². The number of thioether (sulfide) groups is 1. The summed E-state index contributed by atoms with van der Waals surface area (Å²) < 4.78 is 5.04. The molecule has 1 aliphatic carbocycles. The fourth-order valence-electron chi connectivity index (χ4n) is 2.27. The lowest BCUT2D eigenvalue weighted by molar-refractivity contribution is 0.127. The number of amides is 1. The van der Waals surface area contributed by atoms with Gasteiger partial charge in [-0.05, 0) is 31.8 Å². The zero-order valence-corrected chi connectivity index (χ0v) is 9.31. The standard InChI is InChI=1S/C11H13NO2S/c13-11-12-8-4-2-1-3-5-9(8)15-10(12)6-7-14-11/h6H,1-5,7H2. The van der Waals surface area contributed by atoms with Gasteiger partial charge in [0.25, 0.3) is 0 Å². The first-order valence-electron chi connectivity index (χ1n) is 5.43. The molecule has 3 rings (SSSR count). The van der Waals surface area contributed by atoms with Crippen molar-refractivity contribution in [2.24, 2.45) is 0 Å². The Balaban J connectivity index is 1.97. The molecule has 1 amide bonds. The zero-order chi connectivity index (χ0) is 10.3. The van der Waals surface area contributed by atoms with Crippen LogP contribution in [0.1, 0.15) is 32.1 Å². The molecule has 0 N–H and O–H groups in total. The SMILES string of the molecule is O=C1OCC=C2SC3=C(CCCCC3)N12. The van der Waals surface area contributed by atoms with Gasteiger partial charge in [0, 0.05) is 10.6 Å². The lowest BCUT2D eigenvalue weighted by atomic mass is 10.2. The number of ether oxygens (including phenoxy) is 1. The molecule has 0 aromatic carbocycles. The number of hydrogen-bond acceptors (Lipinski definition) is 3. The van der Waals surface area contributed by atoms with Crippen LogP contribution in [-0.2, 0) is 4.74 Å². The van der Waals surface area contributed by atoms with Crippen molar-refractivity contribution in [3.63, 3.8) is 0 Å².